The van der Waals surface area contributed by atoms with Gasteiger partial charge in [0, 0.05) is 12.1 Å². The third kappa shape index (κ3) is 2.53. The van der Waals surface area contributed by atoms with Crippen molar-refractivity contribution in [1.29, 1.82) is 0 Å². The van der Waals surface area contributed by atoms with E-state index in [1.54, 1.807) is 12.1 Å². The molecule has 1 aromatic carbocycles. The van der Waals surface area contributed by atoms with Crippen LogP contribution in [0.2, 0.25) is 0 Å². The molecule has 1 aromatic rings. The third-order valence-corrected chi connectivity index (χ3v) is 2.83. The maximum absolute atomic E-state index is 10.5. The molecule has 1 aliphatic rings. The molecule has 0 bridgehead atoms. The summed E-state index contributed by atoms with van der Waals surface area (Å²) in [4.78, 5) is 10.1. The third-order valence-electron chi connectivity index (χ3n) is 2.83. The molecular weight excluding hydrogens is 194 g/mol. The quantitative estimate of drug-likeness (QED) is 0.607. The Kier molecular flexibility index (Phi) is 2.44. The molecule has 1 N–H and O–H groups in total. The van der Waals surface area contributed by atoms with Gasteiger partial charge in [0.1, 0.15) is 0 Å². The van der Waals surface area contributed by atoms with Crippen molar-refractivity contribution >= 4 is 5.69 Å². The normalized spacial score (nSPS) is 17.4. The van der Waals surface area contributed by atoms with E-state index in [2.05, 4.69) is 0 Å². The zero-order valence-electron chi connectivity index (χ0n) is 8.35. The van der Waals surface area contributed by atoms with Gasteiger partial charge in [-0.05, 0) is 31.2 Å². The first-order valence-corrected chi connectivity index (χ1v) is 5.05. The molecule has 0 heterocycles. The summed E-state index contributed by atoms with van der Waals surface area (Å²) in [6.45, 7) is 0. The molecule has 80 valence electrons. The molecule has 0 radical (unpaired) electrons. The van der Waals surface area contributed by atoms with Crippen LogP contribution >= 0.6 is 0 Å². The van der Waals surface area contributed by atoms with Gasteiger partial charge in [-0.25, -0.2) is 0 Å². The lowest BCUT2D eigenvalue weighted by molar-refractivity contribution is -0.384. The van der Waals surface area contributed by atoms with E-state index in [9.17, 15) is 15.2 Å². The van der Waals surface area contributed by atoms with E-state index >= 15 is 0 Å². The van der Waals surface area contributed by atoms with Crippen LogP contribution in [0, 0.1) is 10.1 Å². The Bertz CT molecular complexity index is 385. The van der Waals surface area contributed by atoms with Crippen molar-refractivity contribution in [2.24, 2.45) is 0 Å². The van der Waals surface area contributed by atoms with Gasteiger partial charge in [-0.2, -0.15) is 0 Å². The summed E-state index contributed by atoms with van der Waals surface area (Å²) in [6, 6.07) is 6.60. The van der Waals surface area contributed by atoms with Crippen LogP contribution in [0.4, 0.5) is 5.69 Å². The van der Waals surface area contributed by atoms with E-state index in [-0.39, 0.29) is 5.69 Å². The van der Waals surface area contributed by atoms with Gasteiger partial charge in [0.05, 0.1) is 10.5 Å². The topological polar surface area (TPSA) is 63.4 Å². The van der Waals surface area contributed by atoms with E-state index in [1.165, 1.54) is 6.07 Å². The summed E-state index contributed by atoms with van der Waals surface area (Å²) in [5, 5.41) is 20.2. The largest absolute Gasteiger partial charge is 0.390 e. The molecule has 1 aliphatic carbocycles. The minimum Gasteiger partial charge on any atom is -0.390 e. The van der Waals surface area contributed by atoms with Gasteiger partial charge in [-0.15, -0.1) is 0 Å². The van der Waals surface area contributed by atoms with Crippen LogP contribution in [-0.2, 0) is 6.42 Å². The van der Waals surface area contributed by atoms with E-state index in [4.69, 9.17) is 0 Å². The number of hydrogen-bond donors (Lipinski definition) is 1. The number of rotatable bonds is 4. The van der Waals surface area contributed by atoms with E-state index in [1.807, 2.05) is 6.07 Å². The number of nitro benzene ring substituents is 1. The Hall–Kier alpha value is -1.42. The lowest BCUT2D eigenvalue weighted by Gasteiger charge is -2.06. The Morgan fingerprint density at radius 1 is 1.47 bits per heavy atom. The van der Waals surface area contributed by atoms with E-state index in [0.29, 0.717) is 12.8 Å². The van der Waals surface area contributed by atoms with Crippen LogP contribution in [0.5, 0.6) is 0 Å². The number of nitro groups is 1. The average Bonchev–Trinajstić information content (AvgIpc) is 2.95. The maximum atomic E-state index is 10.5. The van der Waals surface area contributed by atoms with Crippen LogP contribution in [-0.4, -0.2) is 15.6 Å². The van der Waals surface area contributed by atoms with Crippen LogP contribution in [0.15, 0.2) is 24.3 Å². The molecule has 4 heteroatoms. The minimum absolute atomic E-state index is 0.121. The Balaban J connectivity index is 2.01. The van der Waals surface area contributed by atoms with Gasteiger partial charge < -0.3 is 5.11 Å². The fourth-order valence-electron chi connectivity index (χ4n) is 1.60. The van der Waals surface area contributed by atoms with Gasteiger partial charge in [0.2, 0.25) is 0 Å². The van der Waals surface area contributed by atoms with Crippen LogP contribution < -0.4 is 0 Å². The SMILES string of the molecule is O=[N+]([O-])c1cccc(CCC2(O)CC2)c1. The second-order valence-corrected chi connectivity index (χ2v) is 4.15. The van der Waals surface area contributed by atoms with Gasteiger partial charge >= 0.3 is 0 Å². The Labute approximate surface area is 87.7 Å². The van der Waals surface area contributed by atoms with Crippen LogP contribution in [0.1, 0.15) is 24.8 Å². The van der Waals surface area contributed by atoms with Crippen molar-refractivity contribution in [3.63, 3.8) is 0 Å². The van der Waals surface area contributed by atoms with Crippen molar-refractivity contribution in [2.45, 2.75) is 31.3 Å². The highest BCUT2D eigenvalue weighted by atomic mass is 16.6. The minimum atomic E-state index is -0.482. The Morgan fingerprint density at radius 2 is 2.20 bits per heavy atom. The first kappa shape index (κ1) is 10.1. The lowest BCUT2D eigenvalue weighted by Crippen LogP contribution is -2.07. The second kappa shape index (κ2) is 3.62. The Morgan fingerprint density at radius 3 is 2.80 bits per heavy atom. The molecule has 15 heavy (non-hydrogen) atoms. The molecule has 1 fully saturated rings. The molecule has 1 saturated carbocycles. The first-order valence-electron chi connectivity index (χ1n) is 5.05. The van der Waals surface area contributed by atoms with Crippen LogP contribution in [0.25, 0.3) is 0 Å². The second-order valence-electron chi connectivity index (χ2n) is 4.15. The summed E-state index contributed by atoms with van der Waals surface area (Å²) >= 11 is 0. The number of aliphatic hydroxyl groups is 1. The number of benzene rings is 1. The highest BCUT2D eigenvalue weighted by Crippen LogP contribution is 2.39. The van der Waals surface area contributed by atoms with Crippen molar-refractivity contribution in [3.05, 3.63) is 39.9 Å². The van der Waals surface area contributed by atoms with Crippen molar-refractivity contribution in [1.82, 2.24) is 0 Å². The highest BCUT2D eigenvalue weighted by molar-refractivity contribution is 5.34. The summed E-state index contributed by atoms with van der Waals surface area (Å²) < 4.78 is 0. The summed E-state index contributed by atoms with van der Waals surface area (Å²) in [6.07, 6.45) is 3.14. The summed E-state index contributed by atoms with van der Waals surface area (Å²) in [7, 11) is 0. The predicted molar refractivity (Wildman–Crippen MR) is 55.6 cm³/mol. The van der Waals surface area contributed by atoms with Crippen molar-refractivity contribution in [3.8, 4) is 0 Å². The number of non-ortho nitro benzene ring substituents is 1. The average molecular weight is 207 g/mol. The van der Waals surface area contributed by atoms with Gasteiger partial charge in [-0.1, -0.05) is 12.1 Å². The molecule has 0 amide bonds. The molecule has 0 aromatic heterocycles. The van der Waals surface area contributed by atoms with Gasteiger partial charge in [0.25, 0.3) is 5.69 Å². The molecule has 2 rings (SSSR count). The fraction of sp³-hybridized carbons (Fsp3) is 0.455. The zero-order chi connectivity index (χ0) is 10.9. The van der Waals surface area contributed by atoms with E-state index < -0.39 is 10.5 Å². The molecule has 0 spiro atoms. The molecule has 0 saturated heterocycles. The van der Waals surface area contributed by atoms with Crippen molar-refractivity contribution in [2.75, 3.05) is 0 Å². The number of hydrogen-bond acceptors (Lipinski definition) is 3. The maximum Gasteiger partial charge on any atom is 0.269 e. The predicted octanol–water partition coefficient (Wildman–Crippen LogP) is 2.05. The number of nitrogens with zero attached hydrogens (tertiary/aromatic N) is 1. The summed E-state index contributed by atoms with van der Waals surface area (Å²) in [5.41, 5.74) is 0.560. The fourth-order valence-corrected chi connectivity index (χ4v) is 1.60. The highest BCUT2D eigenvalue weighted by Gasteiger charge is 2.39. The zero-order valence-corrected chi connectivity index (χ0v) is 8.35. The molecule has 0 aliphatic heterocycles. The molecule has 4 nitrogen and oxygen atoms in total. The molecular formula is C11H13NO3. The standard InChI is InChI=1S/C11H13NO3/c13-11(6-7-11)5-4-9-2-1-3-10(8-9)12(14)15/h1-3,8,13H,4-7H2. The monoisotopic (exact) mass is 207 g/mol. The first-order chi connectivity index (χ1) is 7.09. The van der Waals surface area contributed by atoms with Crippen molar-refractivity contribution < 1.29 is 10.0 Å². The van der Waals surface area contributed by atoms with Gasteiger partial charge in [0.15, 0.2) is 0 Å². The van der Waals surface area contributed by atoms with E-state index in [0.717, 1.165) is 18.4 Å². The van der Waals surface area contributed by atoms with Crippen LogP contribution in [0.3, 0.4) is 0 Å². The lowest BCUT2D eigenvalue weighted by atomic mass is 10.1. The summed E-state index contributed by atoms with van der Waals surface area (Å²) in [5.74, 6) is 0. The molecule has 0 atom stereocenters. The number of aryl methyl sites for hydroxylation is 1. The van der Waals surface area contributed by atoms with Gasteiger partial charge in [-0.3, -0.25) is 10.1 Å². The smallest absolute Gasteiger partial charge is 0.269 e. The molecule has 0 unspecified atom stereocenters.